The van der Waals surface area contributed by atoms with Crippen molar-refractivity contribution in [3.8, 4) is 0 Å². The Hall–Kier alpha value is -0.510. The van der Waals surface area contributed by atoms with Crippen LogP contribution in [0.4, 0.5) is 13.2 Å². The minimum atomic E-state index is -4.21. The topological polar surface area (TPSA) is 9.23 Å². The summed E-state index contributed by atoms with van der Waals surface area (Å²) < 4.78 is 40.7. The van der Waals surface area contributed by atoms with Gasteiger partial charge in [0.2, 0.25) is 0 Å². The van der Waals surface area contributed by atoms with Crippen molar-refractivity contribution in [1.82, 2.24) is 0 Å². The number of hydrogen-bond donors (Lipinski definition) is 0. The lowest BCUT2D eigenvalue weighted by Gasteiger charge is -2.17. The first kappa shape index (κ1) is 10.0. The zero-order valence-electron chi connectivity index (χ0n) is 8.19. The molecule has 0 bridgehead atoms. The predicted molar refractivity (Wildman–Crippen MR) is 45.8 cm³/mol. The number of hydrogen-bond acceptors (Lipinski definition) is 1. The average Bonchev–Trinajstić information content (AvgIpc) is 2.76. The molecule has 0 spiro atoms. The molecule has 1 nitrogen and oxygen atoms in total. The first-order valence-electron chi connectivity index (χ1n) is 4.76. The van der Waals surface area contributed by atoms with E-state index in [1.807, 2.05) is 13.8 Å². The summed E-state index contributed by atoms with van der Waals surface area (Å²) in [6, 6.07) is 0. The second-order valence-electron chi connectivity index (χ2n) is 4.22. The van der Waals surface area contributed by atoms with E-state index in [9.17, 15) is 13.2 Å². The monoisotopic (exact) mass is 206 g/mol. The van der Waals surface area contributed by atoms with E-state index in [0.717, 1.165) is 12.0 Å². The molecule has 0 N–H and O–H groups in total. The Labute approximate surface area is 80.9 Å². The highest BCUT2D eigenvalue weighted by atomic mass is 19.4. The molecule has 0 saturated heterocycles. The van der Waals surface area contributed by atoms with Gasteiger partial charge in [-0.15, -0.1) is 0 Å². The van der Waals surface area contributed by atoms with Crippen LogP contribution in [0.1, 0.15) is 20.3 Å². The van der Waals surface area contributed by atoms with Crippen molar-refractivity contribution in [3.63, 3.8) is 0 Å². The normalized spacial score (nSPS) is 36.2. The molecule has 2 aliphatic carbocycles. The third kappa shape index (κ3) is 1.67. The van der Waals surface area contributed by atoms with Crippen LogP contribution in [0.25, 0.3) is 0 Å². The molecule has 14 heavy (non-hydrogen) atoms. The van der Waals surface area contributed by atoms with Crippen molar-refractivity contribution >= 4 is 0 Å². The molecule has 0 aromatic carbocycles. The van der Waals surface area contributed by atoms with Gasteiger partial charge >= 0.3 is 6.18 Å². The third-order valence-electron chi connectivity index (χ3n) is 3.26. The maximum absolute atomic E-state index is 11.9. The number of rotatable bonds is 2. The number of allylic oxidation sites excluding steroid dienone is 1. The minimum Gasteiger partial charge on any atom is -0.364 e. The number of fused-ring (bicyclic) bond motifs is 1. The Kier molecular flexibility index (Phi) is 2.14. The lowest BCUT2D eigenvalue weighted by atomic mass is 10.1. The summed E-state index contributed by atoms with van der Waals surface area (Å²) in [5.74, 6) is 0.839. The summed E-state index contributed by atoms with van der Waals surface area (Å²) in [5.41, 5.74) is 2.25. The van der Waals surface area contributed by atoms with E-state index in [-0.39, 0.29) is 6.10 Å². The molecule has 4 heteroatoms. The van der Waals surface area contributed by atoms with Gasteiger partial charge in [0.1, 0.15) is 6.61 Å². The predicted octanol–water partition coefficient (Wildman–Crippen LogP) is 2.92. The zero-order chi connectivity index (χ0) is 10.5. The van der Waals surface area contributed by atoms with Crippen molar-refractivity contribution in [2.24, 2.45) is 11.8 Å². The highest BCUT2D eigenvalue weighted by molar-refractivity contribution is 5.33. The van der Waals surface area contributed by atoms with Gasteiger partial charge in [0.05, 0.1) is 6.10 Å². The van der Waals surface area contributed by atoms with E-state index in [2.05, 4.69) is 0 Å². The van der Waals surface area contributed by atoms with Crippen molar-refractivity contribution in [1.29, 1.82) is 0 Å². The van der Waals surface area contributed by atoms with Crippen LogP contribution >= 0.6 is 0 Å². The third-order valence-corrected chi connectivity index (χ3v) is 3.26. The lowest BCUT2D eigenvalue weighted by molar-refractivity contribution is -0.183. The van der Waals surface area contributed by atoms with Crippen LogP contribution in [0.2, 0.25) is 0 Å². The second kappa shape index (κ2) is 2.99. The highest BCUT2D eigenvalue weighted by Crippen LogP contribution is 2.55. The molecule has 3 atom stereocenters. The summed E-state index contributed by atoms with van der Waals surface area (Å²) in [7, 11) is 0. The highest BCUT2D eigenvalue weighted by Gasteiger charge is 2.51. The van der Waals surface area contributed by atoms with Gasteiger partial charge in [-0.25, -0.2) is 0 Å². The van der Waals surface area contributed by atoms with Gasteiger partial charge in [-0.1, -0.05) is 5.57 Å². The Bertz CT molecular complexity index is 280. The smallest absolute Gasteiger partial charge is 0.364 e. The number of alkyl halides is 3. The molecule has 0 radical (unpaired) electrons. The molecule has 80 valence electrons. The van der Waals surface area contributed by atoms with Crippen LogP contribution in [0.15, 0.2) is 11.1 Å². The van der Waals surface area contributed by atoms with Crippen molar-refractivity contribution < 1.29 is 17.9 Å². The van der Waals surface area contributed by atoms with Crippen molar-refractivity contribution in [3.05, 3.63) is 11.1 Å². The lowest BCUT2D eigenvalue weighted by Crippen LogP contribution is -2.24. The van der Waals surface area contributed by atoms with Gasteiger partial charge in [0, 0.05) is 0 Å². The van der Waals surface area contributed by atoms with Crippen LogP contribution in [0.5, 0.6) is 0 Å². The summed E-state index contributed by atoms with van der Waals surface area (Å²) in [6.07, 6.45) is -3.48. The van der Waals surface area contributed by atoms with Crippen LogP contribution < -0.4 is 0 Å². The molecular formula is C10H13F3O. The Morgan fingerprint density at radius 3 is 2.36 bits per heavy atom. The maximum atomic E-state index is 11.9. The molecule has 0 aromatic heterocycles. The molecule has 2 rings (SSSR count). The van der Waals surface area contributed by atoms with Crippen LogP contribution in [0.3, 0.4) is 0 Å². The Morgan fingerprint density at radius 2 is 1.93 bits per heavy atom. The summed E-state index contributed by atoms with van der Waals surface area (Å²) >= 11 is 0. The van der Waals surface area contributed by atoms with Gasteiger partial charge in [-0.3, -0.25) is 0 Å². The first-order chi connectivity index (χ1) is 6.40. The molecule has 2 aliphatic rings. The first-order valence-corrected chi connectivity index (χ1v) is 4.76. The fourth-order valence-electron chi connectivity index (χ4n) is 2.32. The van der Waals surface area contributed by atoms with E-state index >= 15 is 0 Å². The minimum absolute atomic E-state index is 0.276. The zero-order valence-corrected chi connectivity index (χ0v) is 8.19. The van der Waals surface area contributed by atoms with E-state index in [1.165, 1.54) is 5.57 Å². The van der Waals surface area contributed by atoms with E-state index in [1.54, 1.807) is 0 Å². The SMILES string of the molecule is CC1=C(C)[C@H](OCC(F)(F)F)C2C[C@@H]12. The fraction of sp³-hybridized carbons (Fsp3) is 0.800. The molecule has 0 amide bonds. The second-order valence-corrected chi connectivity index (χ2v) is 4.22. The quantitative estimate of drug-likeness (QED) is 0.631. The van der Waals surface area contributed by atoms with Gasteiger partial charge in [-0.2, -0.15) is 13.2 Å². The molecule has 1 unspecified atom stereocenters. The largest absolute Gasteiger partial charge is 0.411 e. The van der Waals surface area contributed by atoms with Crippen LogP contribution in [-0.4, -0.2) is 18.9 Å². The molecule has 1 fully saturated rings. The number of halogens is 3. The molecule has 0 aliphatic heterocycles. The van der Waals surface area contributed by atoms with Gasteiger partial charge in [0.25, 0.3) is 0 Å². The molecule has 1 saturated carbocycles. The van der Waals surface area contributed by atoms with Gasteiger partial charge in [0.15, 0.2) is 0 Å². The maximum Gasteiger partial charge on any atom is 0.411 e. The van der Waals surface area contributed by atoms with Crippen LogP contribution in [0, 0.1) is 11.8 Å². The standard InChI is InChI=1S/C10H13F3O/c1-5-6(2)9(8-3-7(5)8)14-4-10(11,12)13/h7-9H,3-4H2,1-2H3/t7-,8?,9-/m0/s1. The fourth-order valence-corrected chi connectivity index (χ4v) is 2.32. The van der Waals surface area contributed by atoms with E-state index < -0.39 is 12.8 Å². The Morgan fingerprint density at radius 1 is 1.29 bits per heavy atom. The van der Waals surface area contributed by atoms with Gasteiger partial charge in [-0.05, 0) is 37.7 Å². The molecule has 0 heterocycles. The van der Waals surface area contributed by atoms with Crippen molar-refractivity contribution in [2.75, 3.05) is 6.61 Å². The van der Waals surface area contributed by atoms with Crippen LogP contribution in [-0.2, 0) is 4.74 Å². The van der Waals surface area contributed by atoms with E-state index in [4.69, 9.17) is 4.74 Å². The summed E-state index contributed by atoms with van der Waals surface area (Å²) in [4.78, 5) is 0. The Balaban J connectivity index is 1.94. The average molecular weight is 206 g/mol. The van der Waals surface area contributed by atoms with Crippen molar-refractivity contribution in [2.45, 2.75) is 32.5 Å². The molecule has 0 aromatic rings. The van der Waals surface area contributed by atoms with Gasteiger partial charge < -0.3 is 4.74 Å². The molecular weight excluding hydrogens is 193 g/mol. The van der Waals surface area contributed by atoms with E-state index in [0.29, 0.717) is 11.8 Å². The number of ether oxygens (including phenoxy) is 1. The summed E-state index contributed by atoms with van der Waals surface area (Å²) in [6.45, 7) is 2.75. The summed E-state index contributed by atoms with van der Waals surface area (Å²) in [5, 5.41) is 0.